The van der Waals surface area contributed by atoms with E-state index in [9.17, 15) is 10.2 Å². The fraction of sp³-hybridized carbons (Fsp3) is 0.688. The first-order valence-corrected chi connectivity index (χ1v) is 7.57. The molecular formula is C16H26N2O2. The van der Waals surface area contributed by atoms with Gasteiger partial charge in [-0.15, -0.1) is 0 Å². The zero-order valence-corrected chi connectivity index (χ0v) is 12.3. The second-order valence-corrected chi connectivity index (χ2v) is 6.11. The molecule has 1 aromatic rings. The van der Waals surface area contributed by atoms with Gasteiger partial charge in [-0.05, 0) is 43.2 Å². The van der Waals surface area contributed by atoms with Gasteiger partial charge in [-0.3, -0.25) is 4.98 Å². The first-order chi connectivity index (χ1) is 9.59. The number of hydrogen-bond donors (Lipinski definition) is 3. The van der Waals surface area contributed by atoms with Crippen molar-refractivity contribution < 1.29 is 10.2 Å². The predicted molar refractivity (Wildman–Crippen MR) is 79.2 cm³/mol. The standard InChI is InChI=1S/C16H26N2O2/c1-12(15-14(10-17)5-3-9-18-15)13-4-2-7-16(20,11-19)8-6-13/h3,5,9,12-13,19-20H,2,4,6-8,10-11,17H2,1H3. The molecule has 2 rings (SSSR count). The highest BCUT2D eigenvalue weighted by Gasteiger charge is 2.32. The molecule has 1 aromatic heterocycles. The van der Waals surface area contributed by atoms with E-state index in [2.05, 4.69) is 11.9 Å². The summed E-state index contributed by atoms with van der Waals surface area (Å²) in [5.41, 5.74) is 7.13. The zero-order chi connectivity index (χ0) is 14.6. The Bertz CT molecular complexity index is 438. The summed E-state index contributed by atoms with van der Waals surface area (Å²) in [4.78, 5) is 4.52. The van der Waals surface area contributed by atoms with Crippen LogP contribution in [0.2, 0.25) is 0 Å². The fourth-order valence-electron chi connectivity index (χ4n) is 3.33. The second kappa shape index (κ2) is 6.66. The minimum absolute atomic E-state index is 0.133. The number of nitrogens with two attached hydrogens (primary N) is 1. The average molecular weight is 278 g/mol. The number of pyridine rings is 1. The molecule has 3 unspecified atom stereocenters. The van der Waals surface area contributed by atoms with Gasteiger partial charge in [-0.1, -0.05) is 19.4 Å². The highest BCUT2D eigenvalue weighted by Crippen LogP contribution is 2.38. The number of rotatable bonds is 4. The third-order valence-electron chi connectivity index (χ3n) is 4.78. The molecule has 1 aliphatic rings. The van der Waals surface area contributed by atoms with Crippen molar-refractivity contribution >= 4 is 0 Å². The molecule has 1 fully saturated rings. The van der Waals surface area contributed by atoms with Crippen LogP contribution in [0, 0.1) is 5.92 Å². The highest BCUT2D eigenvalue weighted by molar-refractivity contribution is 5.23. The van der Waals surface area contributed by atoms with Gasteiger partial charge in [0.25, 0.3) is 0 Å². The molecule has 0 radical (unpaired) electrons. The van der Waals surface area contributed by atoms with Crippen LogP contribution < -0.4 is 5.73 Å². The molecule has 1 aliphatic carbocycles. The Kier molecular flexibility index (Phi) is 5.13. The van der Waals surface area contributed by atoms with Gasteiger partial charge >= 0.3 is 0 Å². The first kappa shape index (κ1) is 15.4. The van der Waals surface area contributed by atoms with E-state index in [0.717, 1.165) is 30.5 Å². The minimum atomic E-state index is -0.880. The van der Waals surface area contributed by atoms with E-state index < -0.39 is 5.60 Å². The van der Waals surface area contributed by atoms with Crippen LogP contribution >= 0.6 is 0 Å². The smallest absolute Gasteiger partial charge is 0.0877 e. The Morgan fingerprint density at radius 2 is 2.25 bits per heavy atom. The van der Waals surface area contributed by atoms with E-state index in [1.807, 2.05) is 18.3 Å². The van der Waals surface area contributed by atoms with E-state index in [1.165, 1.54) is 0 Å². The summed E-state index contributed by atoms with van der Waals surface area (Å²) in [7, 11) is 0. The summed E-state index contributed by atoms with van der Waals surface area (Å²) >= 11 is 0. The topological polar surface area (TPSA) is 79.4 Å². The van der Waals surface area contributed by atoms with Crippen LogP contribution in [0.1, 0.15) is 56.2 Å². The van der Waals surface area contributed by atoms with Crippen molar-refractivity contribution in [2.75, 3.05) is 6.61 Å². The molecule has 112 valence electrons. The first-order valence-electron chi connectivity index (χ1n) is 7.57. The van der Waals surface area contributed by atoms with Crippen molar-refractivity contribution in [1.82, 2.24) is 4.98 Å². The summed E-state index contributed by atoms with van der Waals surface area (Å²) in [6.45, 7) is 2.59. The van der Waals surface area contributed by atoms with Crippen molar-refractivity contribution in [2.24, 2.45) is 11.7 Å². The van der Waals surface area contributed by atoms with Crippen molar-refractivity contribution in [2.45, 2.75) is 57.1 Å². The monoisotopic (exact) mass is 278 g/mol. The van der Waals surface area contributed by atoms with Gasteiger partial charge in [0.15, 0.2) is 0 Å². The van der Waals surface area contributed by atoms with Crippen molar-refractivity contribution in [3.8, 4) is 0 Å². The van der Waals surface area contributed by atoms with Crippen LogP contribution in [0.25, 0.3) is 0 Å². The third kappa shape index (κ3) is 3.37. The lowest BCUT2D eigenvalue weighted by Gasteiger charge is -2.26. The van der Waals surface area contributed by atoms with Gasteiger partial charge in [0.05, 0.1) is 12.2 Å². The SMILES string of the molecule is CC(c1ncccc1CN)C1CCCC(O)(CO)CC1. The summed E-state index contributed by atoms with van der Waals surface area (Å²) in [5, 5.41) is 19.6. The van der Waals surface area contributed by atoms with Crippen LogP contribution in [0.5, 0.6) is 0 Å². The van der Waals surface area contributed by atoms with Gasteiger partial charge in [-0.25, -0.2) is 0 Å². The largest absolute Gasteiger partial charge is 0.393 e. The molecule has 0 bridgehead atoms. The van der Waals surface area contributed by atoms with Gasteiger partial charge in [-0.2, -0.15) is 0 Å². The van der Waals surface area contributed by atoms with Gasteiger partial charge < -0.3 is 15.9 Å². The van der Waals surface area contributed by atoms with Crippen LogP contribution in [0.3, 0.4) is 0 Å². The lowest BCUT2D eigenvalue weighted by Crippen LogP contribution is -2.32. The Morgan fingerprint density at radius 3 is 2.95 bits per heavy atom. The summed E-state index contributed by atoms with van der Waals surface area (Å²) in [5.74, 6) is 0.839. The van der Waals surface area contributed by atoms with E-state index in [4.69, 9.17) is 5.73 Å². The number of hydrogen-bond acceptors (Lipinski definition) is 4. The fourth-order valence-corrected chi connectivity index (χ4v) is 3.33. The van der Waals surface area contributed by atoms with Crippen LogP contribution in [-0.2, 0) is 6.54 Å². The van der Waals surface area contributed by atoms with Crippen LogP contribution in [0.4, 0.5) is 0 Å². The lowest BCUT2D eigenvalue weighted by atomic mass is 9.83. The molecule has 1 saturated carbocycles. The maximum Gasteiger partial charge on any atom is 0.0877 e. The third-order valence-corrected chi connectivity index (χ3v) is 4.78. The predicted octanol–water partition coefficient (Wildman–Crippen LogP) is 1.95. The number of aliphatic hydroxyl groups excluding tert-OH is 1. The van der Waals surface area contributed by atoms with E-state index in [-0.39, 0.29) is 6.61 Å². The number of aromatic nitrogens is 1. The minimum Gasteiger partial charge on any atom is -0.393 e. The van der Waals surface area contributed by atoms with E-state index in [0.29, 0.717) is 31.2 Å². The van der Waals surface area contributed by atoms with Gasteiger partial charge in [0.1, 0.15) is 0 Å². The summed E-state index contributed by atoms with van der Waals surface area (Å²) in [6, 6.07) is 3.97. The molecule has 20 heavy (non-hydrogen) atoms. The second-order valence-electron chi connectivity index (χ2n) is 6.11. The maximum absolute atomic E-state index is 10.2. The summed E-state index contributed by atoms with van der Waals surface area (Å²) < 4.78 is 0. The lowest BCUT2D eigenvalue weighted by molar-refractivity contribution is -0.0270. The highest BCUT2D eigenvalue weighted by atomic mass is 16.3. The van der Waals surface area contributed by atoms with E-state index >= 15 is 0 Å². The number of aliphatic hydroxyl groups is 2. The molecule has 0 saturated heterocycles. The van der Waals surface area contributed by atoms with Gasteiger partial charge in [0.2, 0.25) is 0 Å². The van der Waals surface area contributed by atoms with Crippen molar-refractivity contribution in [3.05, 3.63) is 29.6 Å². The molecule has 0 amide bonds. The van der Waals surface area contributed by atoms with Crippen LogP contribution in [0.15, 0.2) is 18.3 Å². The Morgan fingerprint density at radius 1 is 1.45 bits per heavy atom. The molecule has 4 nitrogen and oxygen atoms in total. The molecule has 3 atom stereocenters. The maximum atomic E-state index is 10.2. The average Bonchev–Trinajstić information content (AvgIpc) is 2.69. The van der Waals surface area contributed by atoms with Crippen molar-refractivity contribution in [1.29, 1.82) is 0 Å². The Balaban J connectivity index is 2.11. The zero-order valence-electron chi connectivity index (χ0n) is 12.3. The van der Waals surface area contributed by atoms with Gasteiger partial charge in [0, 0.05) is 24.4 Å². The Hall–Kier alpha value is -0.970. The molecule has 0 aliphatic heterocycles. The van der Waals surface area contributed by atoms with Crippen molar-refractivity contribution in [3.63, 3.8) is 0 Å². The quantitative estimate of drug-likeness (QED) is 0.735. The molecule has 1 heterocycles. The molecular weight excluding hydrogens is 252 g/mol. The summed E-state index contributed by atoms with van der Waals surface area (Å²) in [6.07, 6.45) is 6.15. The van der Waals surface area contributed by atoms with E-state index in [1.54, 1.807) is 0 Å². The molecule has 4 heteroatoms. The number of nitrogens with zero attached hydrogens (tertiary/aromatic N) is 1. The van der Waals surface area contributed by atoms with Crippen LogP contribution in [-0.4, -0.2) is 27.4 Å². The molecule has 0 aromatic carbocycles. The normalized spacial score (nSPS) is 28.9. The molecule has 4 N–H and O–H groups in total. The molecule has 0 spiro atoms. The Labute approximate surface area is 121 Å².